The molecule has 0 aromatic heterocycles. The van der Waals surface area contributed by atoms with Gasteiger partial charge in [0.2, 0.25) is 0 Å². The van der Waals surface area contributed by atoms with Gasteiger partial charge in [0.1, 0.15) is 12.3 Å². The highest BCUT2D eigenvalue weighted by Gasteiger charge is 2.16. The maximum Gasteiger partial charge on any atom is 0.306 e. The van der Waals surface area contributed by atoms with Crippen LogP contribution in [0.25, 0.3) is 0 Å². The Labute approximate surface area is 391 Å². The largest absolute Gasteiger partial charge is 0.462 e. The van der Waals surface area contributed by atoms with Crippen LogP contribution >= 0.6 is 0 Å². The fourth-order valence-corrected chi connectivity index (χ4v) is 7.45. The molecule has 0 saturated heterocycles. The Kier molecular flexibility index (Phi) is 48.6. The summed E-state index contributed by atoms with van der Waals surface area (Å²) in [6.07, 6.45) is 48.8. The van der Waals surface area contributed by atoms with Gasteiger partial charge in [-0.25, -0.2) is 0 Å². The van der Waals surface area contributed by atoms with Gasteiger partial charge in [-0.1, -0.05) is 166 Å². The number of carbonyl (C=O) groups excluding carboxylic acids is 1. The van der Waals surface area contributed by atoms with Crippen molar-refractivity contribution in [3.05, 3.63) is 36.5 Å². The van der Waals surface area contributed by atoms with Gasteiger partial charge in [0, 0.05) is 26.2 Å². The lowest BCUT2D eigenvalue weighted by atomic mass is 10.0. The number of allylic oxidation sites excluding steroid dienone is 3. The number of unbranched alkanes of at least 4 members (excludes halogenated alkanes) is 22. The minimum Gasteiger partial charge on any atom is -0.462 e. The van der Waals surface area contributed by atoms with Crippen molar-refractivity contribution >= 4 is 5.97 Å². The highest BCUT2D eigenvalue weighted by molar-refractivity contribution is 5.69. The van der Waals surface area contributed by atoms with E-state index in [1.807, 2.05) is 13.8 Å². The first-order chi connectivity index (χ1) is 30.8. The van der Waals surface area contributed by atoms with Crippen molar-refractivity contribution in [3.8, 4) is 0 Å². The topological polar surface area (TPSA) is 75.7 Å². The molecular weight excluding hydrogens is 787 g/mol. The Morgan fingerprint density at radius 2 is 0.825 bits per heavy atom. The van der Waals surface area contributed by atoms with Gasteiger partial charge in [-0.2, -0.15) is 0 Å². The first-order valence-corrected chi connectivity index (χ1v) is 26.8. The summed E-state index contributed by atoms with van der Waals surface area (Å²) in [7, 11) is 2.07. The Bertz CT molecular complexity index is 969. The lowest BCUT2D eigenvalue weighted by Crippen LogP contribution is -2.32. The summed E-state index contributed by atoms with van der Waals surface area (Å²) in [6, 6.07) is 0. The van der Waals surface area contributed by atoms with Crippen molar-refractivity contribution in [1.29, 1.82) is 0 Å². The van der Waals surface area contributed by atoms with Gasteiger partial charge in [0.05, 0.1) is 19.8 Å². The second-order valence-corrected chi connectivity index (χ2v) is 18.0. The molecule has 0 aliphatic heterocycles. The van der Waals surface area contributed by atoms with Crippen molar-refractivity contribution in [1.82, 2.24) is 4.90 Å². The van der Waals surface area contributed by atoms with E-state index in [4.69, 9.17) is 28.4 Å². The maximum absolute atomic E-state index is 13.0. The number of esters is 1. The number of rotatable bonds is 50. The molecule has 63 heavy (non-hydrogen) atoms. The predicted molar refractivity (Wildman–Crippen MR) is 268 cm³/mol. The van der Waals surface area contributed by atoms with E-state index in [1.54, 1.807) is 0 Å². The molecule has 3 unspecified atom stereocenters. The molecule has 0 heterocycles. The fraction of sp³-hybridized carbons (Fsp3) is 0.873. The molecule has 0 fully saturated rings. The summed E-state index contributed by atoms with van der Waals surface area (Å²) in [5.74, 6) is -0.0544. The van der Waals surface area contributed by atoms with E-state index in [0.29, 0.717) is 26.2 Å². The zero-order valence-electron chi connectivity index (χ0n) is 42.7. The number of ether oxygens (including phenoxy) is 6. The summed E-state index contributed by atoms with van der Waals surface area (Å²) >= 11 is 0. The van der Waals surface area contributed by atoms with E-state index in [2.05, 4.69) is 76.1 Å². The van der Waals surface area contributed by atoms with Crippen LogP contribution in [-0.2, 0) is 33.2 Å². The van der Waals surface area contributed by atoms with Gasteiger partial charge in [-0.05, 0) is 111 Å². The van der Waals surface area contributed by atoms with Crippen LogP contribution in [0.15, 0.2) is 36.5 Å². The van der Waals surface area contributed by atoms with Crippen LogP contribution in [0.1, 0.15) is 241 Å². The molecule has 0 radical (unpaired) electrons. The number of hydrogen-bond acceptors (Lipinski definition) is 8. The van der Waals surface area contributed by atoms with Gasteiger partial charge in [-0.15, -0.1) is 0 Å². The zero-order valence-corrected chi connectivity index (χ0v) is 42.7. The van der Waals surface area contributed by atoms with Crippen molar-refractivity contribution in [2.24, 2.45) is 0 Å². The standard InChI is InChI=1S/C55H105NO7/c1-8-11-14-17-22-29-36-46-58-51(4)56(7)45-41-44-55(57)63-54(42-34-27-20-25-32-39-49-61-52(5)59-47-37-30-23-18-15-12-9-2)43-35-28-21-26-33-40-50-62-53(6)60-48-38-31-24-19-16-13-10-3/h29-31,36-38,51-54H,8-28,32-35,39-50H2,1-7H3/b36-29-,37-30-,38-31-. The quantitative estimate of drug-likeness (QED) is 0.0259. The van der Waals surface area contributed by atoms with E-state index in [9.17, 15) is 4.79 Å². The monoisotopic (exact) mass is 892 g/mol. The molecule has 0 N–H and O–H groups in total. The van der Waals surface area contributed by atoms with Crippen LogP contribution < -0.4 is 0 Å². The number of carbonyl (C=O) groups is 1. The van der Waals surface area contributed by atoms with Crippen molar-refractivity contribution in [3.63, 3.8) is 0 Å². The van der Waals surface area contributed by atoms with Gasteiger partial charge in [-0.3, -0.25) is 9.69 Å². The third-order valence-corrected chi connectivity index (χ3v) is 11.8. The molecule has 0 spiro atoms. The number of nitrogens with zero attached hydrogens (tertiary/aromatic N) is 1. The van der Waals surface area contributed by atoms with Crippen LogP contribution in [-0.4, -0.2) is 82.4 Å². The lowest BCUT2D eigenvalue weighted by Gasteiger charge is -2.24. The minimum atomic E-state index is -0.161. The summed E-state index contributed by atoms with van der Waals surface area (Å²) in [5.41, 5.74) is 0. The molecule has 0 rings (SSSR count). The molecule has 0 saturated carbocycles. The van der Waals surface area contributed by atoms with Crippen molar-refractivity contribution in [2.45, 2.75) is 265 Å². The first-order valence-electron chi connectivity index (χ1n) is 26.8. The molecule has 0 aromatic rings. The van der Waals surface area contributed by atoms with Crippen LogP contribution in [0.2, 0.25) is 0 Å². The van der Waals surface area contributed by atoms with Crippen LogP contribution in [0, 0.1) is 0 Å². The second kappa shape index (κ2) is 49.9. The van der Waals surface area contributed by atoms with E-state index >= 15 is 0 Å². The SMILES string of the molecule is CCCCCC/C=C\COC(C)OCCCCCCCCC(CCCCCCCCOC(C)OC/C=C\CCCCCC)OC(=O)CCCN(C)C(C)OC/C=C\CCCCCC. The van der Waals surface area contributed by atoms with Crippen molar-refractivity contribution < 1.29 is 33.2 Å². The minimum absolute atomic E-state index is 0.0121. The molecule has 8 nitrogen and oxygen atoms in total. The van der Waals surface area contributed by atoms with Gasteiger partial charge in [0.15, 0.2) is 12.6 Å². The molecule has 0 amide bonds. The van der Waals surface area contributed by atoms with Crippen molar-refractivity contribution in [2.75, 3.05) is 46.6 Å². The van der Waals surface area contributed by atoms with E-state index in [-0.39, 0.29) is 30.9 Å². The van der Waals surface area contributed by atoms with Crippen LogP contribution in [0.5, 0.6) is 0 Å². The molecule has 0 aliphatic rings. The van der Waals surface area contributed by atoms with E-state index in [1.165, 1.54) is 128 Å². The summed E-state index contributed by atoms with van der Waals surface area (Å²) in [6.45, 7) is 17.0. The maximum atomic E-state index is 13.0. The highest BCUT2D eigenvalue weighted by Crippen LogP contribution is 2.18. The highest BCUT2D eigenvalue weighted by atomic mass is 16.7. The molecular formula is C55H105NO7. The normalized spacial score (nSPS) is 14.2. The molecule has 0 bridgehead atoms. The molecule has 372 valence electrons. The summed E-state index contributed by atoms with van der Waals surface area (Å²) < 4.78 is 35.5. The smallest absolute Gasteiger partial charge is 0.306 e. The zero-order chi connectivity index (χ0) is 46.1. The van der Waals surface area contributed by atoms with E-state index in [0.717, 1.165) is 84.0 Å². The third kappa shape index (κ3) is 46.8. The van der Waals surface area contributed by atoms with Crippen LogP contribution in [0.4, 0.5) is 0 Å². The van der Waals surface area contributed by atoms with Gasteiger partial charge >= 0.3 is 5.97 Å². The fourth-order valence-electron chi connectivity index (χ4n) is 7.45. The Hall–Kier alpha value is -1.55. The number of hydrogen-bond donors (Lipinski definition) is 0. The molecule has 3 atom stereocenters. The average molecular weight is 892 g/mol. The van der Waals surface area contributed by atoms with E-state index < -0.39 is 0 Å². The Balaban J connectivity index is 4.43. The lowest BCUT2D eigenvalue weighted by molar-refractivity contribution is -0.150. The Morgan fingerprint density at radius 3 is 1.25 bits per heavy atom. The molecule has 0 aliphatic carbocycles. The second-order valence-electron chi connectivity index (χ2n) is 18.0. The molecule has 0 aromatic carbocycles. The average Bonchev–Trinajstić information content (AvgIpc) is 3.27. The summed E-state index contributed by atoms with van der Waals surface area (Å²) in [5, 5.41) is 0. The third-order valence-electron chi connectivity index (χ3n) is 11.8. The summed E-state index contributed by atoms with van der Waals surface area (Å²) in [4.78, 5) is 15.2. The molecule has 8 heteroatoms. The van der Waals surface area contributed by atoms with Crippen LogP contribution in [0.3, 0.4) is 0 Å². The van der Waals surface area contributed by atoms with Gasteiger partial charge in [0.25, 0.3) is 0 Å². The Morgan fingerprint density at radius 1 is 0.444 bits per heavy atom. The van der Waals surface area contributed by atoms with Gasteiger partial charge < -0.3 is 28.4 Å². The first kappa shape index (κ1) is 61.5. The predicted octanol–water partition coefficient (Wildman–Crippen LogP) is 15.8.